The summed E-state index contributed by atoms with van der Waals surface area (Å²) >= 11 is 1.49. The maximum absolute atomic E-state index is 12.8. The fourth-order valence-electron chi connectivity index (χ4n) is 3.70. The summed E-state index contributed by atoms with van der Waals surface area (Å²) in [4.78, 5) is 16.4. The summed E-state index contributed by atoms with van der Waals surface area (Å²) in [5.74, 6) is 0.201. The number of benzene rings is 1. The summed E-state index contributed by atoms with van der Waals surface area (Å²) < 4.78 is 30.7. The minimum atomic E-state index is -3.44. The van der Waals surface area contributed by atoms with Gasteiger partial charge in [-0.05, 0) is 56.7 Å². The zero-order valence-electron chi connectivity index (χ0n) is 15.2. The Morgan fingerprint density at radius 2 is 1.89 bits per heavy atom. The number of carbonyl (C=O) groups excluding carboxylic acids is 1. The summed E-state index contributed by atoms with van der Waals surface area (Å²) in [6, 6.07) is 4.50. The van der Waals surface area contributed by atoms with Crippen LogP contribution in [0.5, 0.6) is 5.75 Å². The number of phenolic OH excluding ortho intramolecular Hbond substituents is 1. The van der Waals surface area contributed by atoms with Crippen molar-refractivity contribution in [1.29, 1.82) is 0 Å². The number of carbonyl (C=O) groups is 1. The highest BCUT2D eigenvalue weighted by atomic mass is 32.2. The fraction of sp³-hybridized carbons (Fsp3) is 0.474. The van der Waals surface area contributed by atoms with Gasteiger partial charge in [0, 0.05) is 17.7 Å². The molecule has 0 bridgehead atoms. The van der Waals surface area contributed by atoms with Gasteiger partial charge < -0.3 is 15.6 Å². The zero-order chi connectivity index (χ0) is 19.9. The first-order chi connectivity index (χ1) is 13.3. The first-order valence-electron chi connectivity index (χ1n) is 9.33. The third-order valence-electron chi connectivity index (χ3n) is 5.33. The molecule has 2 aliphatic carbocycles. The maximum Gasteiger partial charge on any atom is 0.404 e. The Kier molecular flexibility index (Phi) is 5.05. The third-order valence-corrected chi connectivity index (χ3v) is 8.82. The molecule has 1 heterocycles. The van der Waals surface area contributed by atoms with Gasteiger partial charge in [-0.15, -0.1) is 11.3 Å². The monoisotopic (exact) mass is 422 g/mol. The maximum atomic E-state index is 12.8. The molecule has 1 amide bonds. The minimum Gasteiger partial charge on any atom is -0.508 e. The highest BCUT2D eigenvalue weighted by Crippen LogP contribution is 2.43. The van der Waals surface area contributed by atoms with Crippen LogP contribution in [0.25, 0.3) is 10.4 Å². The van der Waals surface area contributed by atoms with Crippen LogP contribution in [0.15, 0.2) is 29.3 Å². The van der Waals surface area contributed by atoms with Gasteiger partial charge in [0.05, 0.1) is 20.0 Å². The Labute approximate surface area is 167 Å². The van der Waals surface area contributed by atoms with E-state index in [0.29, 0.717) is 18.4 Å². The number of hydrogen-bond acceptors (Lipinski definition) is 7. The number of nitrogens with two attached hydrogens (primary N) is 1. The molecule has 3 N–H and O–H groups in total. The number of amides is 1. The van der Waals surface area contributed by atoms with Crippen molar-refractivity contribution < 1.29 is 23.1 Å². The van der Waals surface area contributed by atoms with E-state index in [2.05, 4.69) is 4.98 Å². The molecular weight excluding hydrogens is 400 g/mol. The number of aromatic nitrogens is 1. The van der Waals surface area contributed by atoms with Crippen molar-refractivity contribution in [2.45, 2.75) is 60.7 Å². The van der Waals surface area contributed by atoms with E-state index in [1.165, 1.54) is 23.5 Å². The lowest BCUT2D eigenvalue weighted by Crippen LogP contribution is -2.26. The van der Waals surface area contributed by atoms with E-state index in [-0.39, 0.29) is 27.9 Å². The first-order valence-corrected chi connectivity index (χ1v) is 11.7. The summed E-state index contributed by atoms with van der Waals surface area (Å²) in [5.41, 5.74) is 5.68. The number of sulfone groups is 1. The number of hydrogen-bond donors (Lipinski definition) is 2. The molecule has 0 spiro atoms. The van der Waals surface area contributed by atoms with Crippen LogP contribution in [0, 0.1) is 0 Å². The Balaban J connectivity index is 1.56. The van der Waals surface area contributed by atoms with Gasteiger partial charge in [0.1, 0.15) is 11.9 Å². The third kappa shape index (κ3) is 3.86. The molecular formula is C19H22N2O5S2. The van der Waals surface area contributed by atoms with Crippen molar-refractivity contribution in [3.63, 3.8) is 0 Å². The number of nitrogens with zero attached hydrogens (tertiary/aromatic N) is 1. The molecule has 7 nitrogen and oxygen atoms in total. The van der Waals surface area contributed by atoms with E-state index in [1.807, 2.05) is 0 Å². The molecule has 0 saturated heterocycles. The Morgan fingerprint density at radius 1 is 1.18 bits per heavy atom. The SMILES string of the molecule is NC(=O)OC1CCC(c2ncc(-c3ccc(O)cc3S(=O)(=O)C3CC3)s2)CC1. The Morgan fingerprint density at radius 3 is 2.54 bits per heavy atom. The lowest BCUT2D eigenvalue weighted by molar-refractivity contribution is 0.0787. The van der Waals surface area contributed by atoms with Crippen molar-refractivity contribution >= 4 is 27.3 Å². The predicted molar refractivity (Wildman–Crippen MR) is 105 cm³/mol. The standard InChI is InChI=1S/C19H22N2O5S2/c20-19(23)26-13-4-1-11(2-5-13)18-21-10-16(27-18)15-8-3-12(22)9-17(15)28(24,25)14-6-7-14/h3,8-11,13-14,22H,1-2,4-7H2,(H2,20,23). The van der Waals surface area contributed by atoms with Crippen LogP contribution in [-0.2, 0) is 14.6 Å². The molecule has 0 aliphatic heterocycles. The molecule has 2 aliphatic rings. The van der Waals surface area contributed by atoms with Gasteiger partial charge in [-0.1, -0.05) is 0 Å². The lowest BCUT2D eigenvalue weighted by atomic mass is 9.88. The van der Waals surface area contributed by atoms with Crippen LogP contribution in [0.2, 0.25) is 0 Å². The van der Waals surface area contributed by atoms with Gasteiger partial charge in [-0.25, -0.2) is 18.2 Å². The van der Waals surface area contributed by atoms with Crippen molar-refractivity contribution in [2.75, 3.05) is 0 Å². The van der Waals surface area contributed by atoms with Gasteiger partial charge in [-0.2, -0.15) is 0 Å². The molecule has 2 aromatic rings. The highest BCUT2D eigenvalue weighted by Gasteiger charge is 2.38. The Bertz CT molecular complexity index is 990. The van der Waals surface area contributed by atoms with Crippen molar-refractivity contribution in [3.05, 3.63) is 29.4 Å². The number of aromatic hydroxyl groups is 1. The van der Waals surface area contributed by atoms with Crippen molar-refractivity contribution in [2.24, 2.45) is 5.73 Å². The van der Waals surface area contributed by atoms with Crippen LogP contribution in [-0.4, -0.2) is 36.0 Å². The molecule has 2 saturated carbocycles. The zero-order valence-corrected chi connectivity index (χ0v) is 16.8. The first kappa shape index (κ1) is 19.2. The van der Waals surface area contributed by atoms with Crippen LogP contribution >= 0.6 is 11.3 Å². The minimum absolute atomic E-state index is 0.0551. The summed E-state index contributed by atoms with van der Waals surface area (Å²) in [6.07, 6.45) is 5.33. The molecule has 4 rings (SSSR count). The Hall–Kier alpha value is -2.13. The van der Waals surface area contributed by atoms with Gasteiger partial charge >= 0.3 is 6.09 Å². The predicted octanol–water partition coefficient (Wildman–Crippen LogP) is 3.57. The number of rotatable bonds is 5. The molecule has 9 heteroatoms. The van der Waals surface area contributed by atoms with Crippen LogP contribution < -0.4 is 5.73 Å². The topological polar surface area (TPSA) is 120 Å². The van der Waals surface area contributed by atoms with Gasteiger partial charge in [0.15, 0.2) is 9.84 Å². The van der Waals surface area contributed by atoms with E-state index in [0.717, 1.165) is 35.6 Å². The van der Waals surface area contributed by atoms with Crippen molar-refractivity contribution in [3.8, 4) is 16.2 Å². The van der Waals surface area contributed by atoms with E-state index in [1.54, 1.807) is 12.3 Å². The second kappa shape index (κ2) is 7.36. The smallest absolute Gasteiger partial charge is 0.404 e. The molecule has 1 aromatic carbocycles. The average molecular weight is 423 g/mol. The molecule has 2 fully saturated rings. The molecule has 0 radical (unpaired) electrons. The molecule has 28 heavy (non-hydrogen) atoms. The summed E-state index contributed by atoms with van der Waals surface area (Å²) in [6.45, 7) is 0. The number of primary amides is 1. The van der Waals surface area contributed by atoms with Crippen LogP contribution in [0.1, 0.15) is 49.5 Å². The van der Waals surface area contributed by atoms with E-state index < -0.39 is 15.9 Å². The number of thiazole rings is 1. The van der Waals surface area contributed by atoms with E-state index in [4.69, 9.17) is 10.5 Å². The highest BCUT2D eigenvalue weighted by molar-refractivity contribution is 7.92. The fourth-order valence-corrected chi connectivity index (χ4v) is 6.78. The molecule has 150 valence electrons. The lowest BCUT2D eigenvalue weighted by Gasteiger charge is -2.26. The van der Waals surface area contributed by atoms with Gasteiger partial charge in [-0.3, -0.25) is 0 Å². The second-order valence-electron chi connectivity index (χ2n) is 7.40. The van der Waals surface area contributed by atoms with E-state index in [9.17, 15) is 18.3 Å². The second-order valence-corrected chi connectivity index (χ2v) is 10.7. The molecule has 0 unspecified atom stereocenters. The average Bonchev–Trinajstić information content (AvgIpc) is 3.41. The normalized spacial score (nSPS) is 22.7. The summed E-state index contributed by atoms with van der Waals surface area (Å²) in [5, 5.41) is 10.4. The number of phenols is 1. The van der Waals surface area contributed by atoms with Crippen LogP contribution in [0.3, 0.4) is 0 Å². The summed E-state index contributed by atoms with van der Waals surface area (Å²) in [7, 11) is -3.44. The van der Waals surface area contributed by atoms with E-state index >= 15 is 0 Å². The van der Waals surface area contributed by atoms with Gasteiger partial charge in [0.2, 0.25) is 0 Å². The van der Waals surface area contributed by atoms with Gasteiger partial charge in [0.25, 0.3) is 0 Å². The van der Waals surface area contributed by atoms with Crippen LogP contribution in [0.4, 0.5) is 4.79 Å². The molecule has 0 atom stereocenters. The quantitative estimate of drug-likeness (QED) is 0.760. The van der Waals surface area contributed by atoms with Crippen molar-refractivity contribution in [1.82, 2.24) is 4.98 Å². The largest absolute Gasteiger partial charge is 0.508 e. The number of ether oxygens (including phenoxy) is 1. The molecule has 1 aromatic heterocycles.